The van der Waals surface area contributed by atoms with Crippen LogP contribution in [0.25, 0.3) is 0 Å². The number of aromatic nitrogens is 1. The van der Waals surface area contributed by atoms with E-state index in [9.17, 15) is 19.2 Å². The van der Waals surface area contributed by atoms with E-state index in [0.29, 0.717) is 32.8 Å². The van der Waals surface area contributed by atoms with Gasteiger partial charge in [0, 0.05) is 5.69 Å². The third-order valence-corrected chi connectivity index (χ3v) is 9.44. The number of nitrogens with zero attached hydrogens (tertiary/aromatic N) is 2. The first-order valence-corrected chi connectivity index (χ1v) is 13.9. The number of hydrogen-bond donors (Lipinski definition) is 1. The van der Waals surface area contributed by atoms with Gasteiger partial charge in [-0.3, -0.25) is 23.7 Å². The number of thioether (sulfide) groups is 1. The Morgan fingerprint density at radius 3 is 2.54 bits per heavy atom. The number of nitrogens with one attached hydrogen (secondary N) is 1. The van der Waals surface area contributed by atoms with Gasteiger partial charge in [-0.1, -0.05) is 35.2 Å². The van der Waals surface area contributed by atoms with Crippen molar-refractivity contribution < 1.29 is 23.5 Å². The fourth-order valence-corrected chi connectivity index (χ4v) is 7.84. The van der Waals surface area contributed by atoms with Crippen LogP contribution < -0.4 is 19.8 Å². The molecule has 3 unspecified atom stereocenters. The van der Waals surface area contributed by atoms with E-state index in [2.05, 4.69) is 5.32 Å². The number of carbonyl (C=O) groups excluding carboxylic acids is 3. The normalized spacial score (nSPS) is 20.1. The predicted octanol–water partition coefficient (Wildman–Crippen LogP) is 4.25. The van der Waals surface area contributed by atoms with Gasteiger partial charge in [-0.25, -0.2) is 4.90 Å². The highest BCUT2D eigenvalue weighted by Gasteiger charge is 2.57. The summed E-state index contributed by atoms with van der Waals surface area (Å²) in [5.41, 5.74) is 2.06. The number of rotatable bonds is 6. The lowest BCUT2D eigenvalue weighted by atomic mass is 9.87. The van der Waals surface area contributed by atoms with Crippen LogP contribution in [0.1, 0.15) is 22.1 Å². The largest absolute Gasteiger partial charge is 0.497 e. The number of fused-ring (bicyclic) bond motifs is 2. The number of ether oxygens (including phenoxy) is 1. The molecule has 0 bridgehead atoms. The maximum Gasteiger partial charge on any atom is 0.308 e. The van der Waals surface area contributed by atoms with Crippen molar-refractivity contribution in [3.8, 4) is 5.75 Å². The molecule has 198 valence electrons. The summed E-state index contributed by atoms with van der Waals surface area (Å²) in [5.74, 6) is -1.42. The first kappa shape index (κ1) is 25.2. The predicted molar refractivity (Wildman–Crippen MR) is 148 cm³/mol. The molecule has 39 heavy (non-hydrogen) atoms. The van der Waals surface area contributed by atoms with Crippen molar-refractivity contribution in [3.63, 3.8) is 0 Å². The van der Waals surface area contributed by atoms with Gasteiger partial charge < -0.3 is 14.5 Å². The number of carbonyl (C=O) groups is 3. The number of imide groups is 1. The number of amides is 3. The number of anilines is 2. The number of methoxy groups -OCH3 is 1. The first-order valence-electron chi connectivity index (χ1n) is 12.2. The fraction of sp³-hybridized carbons (Fsp3) is 0.214. The SMILES string of the molecule is COc1ccc(N2C(=O)C3Sc4c(sc(=O)n4CC(=O)Nc4cccc(C)c4)C(c4ccco4)C3C2=O)cc1. The van der Waals surface area contributed by atoms with E-state index in [1.165, 1.54) is 15.7 Å². The zero-order chi connectivity index (χ0) is 27.3. The summed E-state index contributed by atoms with van der Waals surface area (Å²) in [6, 6.07) is 17.5. The van der Waals surface area contributed by atoms with E-state index in [4.69, 9.17) is 9.15 Å². The van der Waals surface area contributed by atoms with Crippen LogP contribution >= 0.6 is 23.1 Å². The molecule has 1 fully saturated rings. The van der Waals surface area contributed by atoms with Gasteiger partial charge in [-0.05, 0) is 61.0 Å². The van der Waals surface area contributed by atoms with Gasteiger partial charge in [-0.15, -0.1) is 0 Å². The van der Waals surface area contributed by atoms with Gasteiger partial charge >= 0.3 is 4.87 Å². The Morgan fingerprint density at radius 2 is 1.85 bits per heavy atom. The highest BCUT2D eigenvalue weighted by atomic mass is 32.2. The highest BCUT2D eigenvalue weighted by Crippen LogP contribution is 2.54. The maximum absolute atomic E-state index is 13.8. The van der Waals surface area contributed by atoms with Crippen LogP contribution in [0.5, 0.6) is 5.75 Å². The van der Waals surface area contributed by atoms with Crippen molar-refractivity contribution in [1.29, 1.82) is 0 Å². The van der Waals surface area contributed by atoms with E-state index < -0.39 is 17.1 Å². The van der Waals surface area contributed by atoms with Crippen molar-refractivity contribution in [1.82, 2.24) is 4.57 Å². The Balaban J connectivity index is 1.37. The minimum absolute atomic E-state index is 0.224. The van der Waals surface area contributed by atoms with Crippen LogP contribution in [0.3, 0.4) is 0 Å². The zero-order valence-corrected chi connectivity index (χ0v) is 22.6. The Bertz CT molecular complexity index is 1640. The van der Waals surface area contributed by atoms with Crippen molar-refractivity contribution in [2.75, 3.05) is 17.3 Å². The molecule has 0 radical (unpaired) electrons. The third kappa shape index (κ3) is 4.37. The quantitative estimate of drug-likeness (QED) is 0.350. The van der Waals surface area contributed by atoms with E-state index in [1.807, 2.05) is 25.1 Å². The smallest absolute Gasteiger partial charge is 0.308 e. The molecule has 4 aromatic rings. The molecule has 0 spiro atoms. The van der Waals surface area contributed by atoms with E-state index in [1.54, 1.807) is 49.6 Å². The molecule has 2 aliphatic heterocycles. The zero-order valence-electron chi connectivity index (χ0n) is 21.0. The van der Waals surface area contributed by atoms with Crippen LogP contribution in [0.15, 0.2) is 81.2 Å². The molecule has 1 saturated heterocycles. The van der Waals surface area contributed by atoms with Crippen molar-refractivity contribution in [2.45, 2.75) is 29.7 Å². The van der Waals surface area contributed by atoms with E-state index >= 15 is 0 Å². The van der Waals surface area contributed by atoms with Gasteiger partial charge in [0.1, 0.15) is 23.3 Å². The van der Waals surface area contributed by atoms with Crippen LogP contribution in [0, 0.1) is 12.8 Å². The Morgan fingerprint density at radius 1 is 1.05 bits per heavy atom. The van der Waals surface area contributed by atoms with Crippen molar-refractivity contribution in [3.05, 3.63) is 92.8 Å². The molecular formula is C28H23N3O6S2. The number of thiazole rings is 1. The summed E-state index contributed by atoms with van der Waals surface area (Å²) in [5, 5.41) is 2.55. The average Bonchev–Trinajstić information content (AvgIpc) is 3.62. The summed E-state index contributed by atoms with van der Waals surface area (Å²) in [7, 11) is 1.54. The molecule has 3 atom stereocenters. The molecule has 3 amide bonds. The number of aryl methyl sites for hydroxylation is 1. The summed E-state index contributed by atoms with van der Waals surface area (Å²) in [6.07, 6.45) is 1.50. The molecule has 2 aromatic heterocycles. The lowest BCUT2D eigenvalue weighted by Gasteiger charge is -2.29. The molecule has 1 N–H and O–H groups in total. The molecule has 0 saturated carbocycles. The Hall–Kier alpha value is -4.09. The Kier molecular flexibility index (Phi) is 6.40. The number of benzene rings is 2. The van der Waals surface area contributed by atoms with Gasteiger partial charge in [0.2, 0.25) is 17.7 Å². The van der Waals surface area contributed by atoms with Gasteiger partial charge in [0.15, 0.2) is 0 Å². The number of furan rings is 1. The van der Waals surface area contributed by atoms with Gasteiger partial charge in [0.25, 0.3) is 0 Å². The molecule has 11 heteroatoms. The lowest BCUT2D eigenvalue weighted by Crippen LogP contribution is -2.32. The third-order valence-electron chi connectivity index (χ3n) is 6.83. The second kappa shape index (κ2) is 9.90. The first-order chi connectivity index (χ1) is 18.9. The summed E-state index contributed by atoms with van der Waals surface area (Å²) in [6.45, 7) is 1.70. The highest BCUT2D eigenvalue weighted by molar-refractivity contribution is 8.00. The fourth-order valence-electron chi connectivity index (χ4n) is 5.08. The molecular weight excluding hydrogens is 538 g/mol. The van der Waals surface area contributed by atoms with Crippen LogP contribution in [-0.2, 0) is 20.9 Å². The standard InChI is InChI=1S/C28H23N3O6S2/c1-15-5-3-6-16(13-15)29-20(32)14-30-27-24(39-28(30)35)21(19-7-4-12-37-19)22-23(38-27)26(34)31(25(22)33)17-8-10-18(36-2)11-9-17/h3-13,21-23H,14H2,1-2H3,(H,29,32). The topological polar surface area (TPSA) is 111 Å². The van der Waals surface area contributed by atoms with Crippen molar-refractivity contribution >= 4 is 52.2 Å². The average molecular weight is 562 g/mol. The van der Waals surface area contributed by atoms with E-state index in [-0.39, 0.29) is 29.1 Å². The van der Waals surface area contributed by atoms with E-state index in [0.717, 1.165) is 28.7 Å². The molecule has 6 rings (SSSR count). The molecule has 0 aliphatic carbocycles. The summed E-state index contributed by atoms with van der Waals surface area (Å²) in [4.78, 5) is 55.1. The lowest BCUT2D eigenvalue weighted by molar-refractivity contribution is -0.122. The molecule has 4 heterocycles. The summed E-state index contributed by atoms with van der Waals surface area (Å²) < 4.78 is 12.3. The summed E-state index contributed by atoms with van der Waals surface area (Å²) >= 11 is 2.14. The number of hydrogen-bond acceptors (Lipinski definition) is 8. The Labute approximate surface area is 231 Å². The monoisotopic (exact) mass is 561 g/mol. The van der Waals surface area contributed by atoms with Crippen LogP contribution in [0.4, 0.5) is 11.4 Å². The maximum atomic E-state index is 13.8. The molecule has 2 aromatic carbocycles. The van der Waals surface area contributed by atoms with Gasteiger partial charge in [-0.2, -0.15) is 0 Å². The molecule has 9 nitrogen and oxygen atoms in total. The van der Waals surface area contributed by atoms with Crippen LogP contribution in [-0.4, -0.2) is 34.6 Å². The second-order valence-electron chi connectivity index (χ2n) is 9.31. The van der Waals surface area contributed by atoms with Crippen LogP contribution in [0.2, 0.25) is 0 Å². The van der Waals surface area contributed by atoms with Gasteiger partial charge in [0.05, 0.1) is 40.8 Å². The second-order valence-corrected chi connectivity index (χ2v) is 11.4. The van der Waals surface area contributed by atoms with Crippen molar-refractivity contribution in [2.24, 2.45) is 5.92 Å². The molecule has 2 aliphatic rings. The minimum atomic E-state index is -0.790. The minimum Gasteiger partial charge on any atom is -0.497 e.